The van der Waals surface area contributed by atoms with Crippen molar-refractivity contribution < 1.29 is 14.4 Å². The molecule has 2 aromatic rings. The molecule has 1 aromatic heterocycles. The number of fused-ring (bicyclic) bond motifs is 1. The highest BCUT2D eigenvalue weighted by atomic mass is 16.2. The summed E-state index contributed by atoms with van der Waals surface area (Å²) in [6.45, 7) is 7.95. The van der Waals surface area contributed by atoms with Gasteiger partial charge in [0.2, 0.25) is 0 Å². The largest absolute Gasteiger partial charge is 0.338 e. The van der Waals surface area contributed by atoms with E-state index >= 15 is 0 Å². The highest BCUT2D eigenvalue weighted by Crippen LogP contribution is 2.24. The molecule has 3 rings (SSSR count). The molecule has 1 atom stereocenters. The molecule has 2 heterocycles. The van der Waals surface area contributed by atoms with Crippen LogP contribution in [0.4, 0.5) is 5.69 Å². The SMILES string of the molecule is CC(C)(C)N.Cc1ccc(N2C(=O)c3cccnc3C(=O)N(C)CC2C=O)cc1. The summed E-state index contributed by atoms with van der Waals surface area (Å²) in [6, 6.07) is 9.75. The van der Waals surface area contributed by atoms with E-state index in [1.807, 2.05) is 39.8 Å². The molecule has 0 saturated heterocycles. The number of aldehydes is 1. The molecule has 1 unspecified atom stereocenters. The third-order valence-electron chi connectivity index (χ3n) is 4.07. The summed E-state index contributed by atoms with van der Waals surface area (Å²) in [5, 5.41) is 0. The fraction of sp³-hybridized carbons (Fsp3) is 0.364. The van der Waals surface area contributed by atoms with Gasteiger partial charge in [0.25, 0.3) is 11.8 Å². The van der Waals surface area contributed by atoms with Gasteiger partial charge in [0.1, 0.15) is 18.0 Å². The number of benzene rings is 1. The third kappa shape index (κ3) is 5.71. The number of amides is 2. The zero-order valence-electron chi connectivity index (χ0n) is 17.5. The molecule has 0 spiro atoms. The Hall–Kier alpha value is -3.06. The van der Waals surface area contributed by atoms with Crippen LogP contribution in [0.1, 0.15) is 47.2 Å². The second-order valence-corrected chi connectivity index (χ2v) is 8.17. The fourth-order valence-corrected chi connectivity index (χ4v) is 2.77. The predicted molar refractivity (Wildman–Crippen MR) is 113 cm³/mol. The lowest BCUT2D eigenvalue weighted by Crippen LogP contribution is -2.51. The molecule has 0 bridgehead atoms. The normalized spacial score (nSPS) is 17.0. The van der Waals surface area contributed by atoms with Gasteiger partial charge in [-0.05, 0) is 52.0 Å². The highest BCUT2D eigenvalue weighted by Gasteiger charge is 2.34. The molecular formula is C22H28N4O3. The highest BCUT2D eigenvalue weighted by molar-refractivity contribution is 6.14. The van der Waals surface area contributed by atoms with E-state index in [4.69, 9.17) is 5.73 Å². The van der Waals surface area contributed by atoms with Gasteiger partial charge in [0.15, 0.2) is 0 Å². The van der Waals surface area contributed by atoms with Gasteiger partial charge in [-0.1, -0.05) is 17.7 Å². The topological polar surface area (TPSA) is 96.6 Å². The number of hydrogen-bond donors (Lipinski definition) is 1. The van der Waals surface area contributed by atoms with E-state index < -0.39 is 11.9 Å². The zero-order chi connectivity index (χ0) is 21.8. The number of hydrogen-bond acceptors (Lipinski definition) is 5. The molecule has 0 radical (unpaired) electrons. The second kappa shape index (κ2) is 8.96. The maximum absolute atomic E-state index is 13.1. The number of carbonyl (C=O) groups excluding carboxylic acids is 3. The Morgan fingerprint density at radius 1 is 1.10 bits per heavy atom. The van der Waals surface area contributed by atoms with E-state index in [0.29, 0.717) is 12.0 Å². The van der Waals surface area contributed by atoms with Gasteiger partial charge in [-0.2, -0.15) is 0 Å². The number of anilines is 1. The van der Waals surface area contributed by atoms with Crippen LogP contribution in [0.2, 0.25) is 0 Å². The Morgan fingerprint density at radius 2 is 1.69 bits per heavy atom. The van der Waals surface area contributed by atoms with Gasteiger partial charge < -0.3 is 15.4 Å². The molecule has 1 aromatic carbocycles. The van der Waals surface area contributed by atoms with Crippen LogP contribution in [0.15, 0.2) is 42.6 Å². The van der Waals surface area contributed by atoms with Crippen LogP contribution < -0.4 is 10.6 Å². The lowest BCUT2D eigenvalue weighted by atomic mass is 10.1. The molecule has 154 valence electrons. The van der Waals surface area contributed by atoms with Gasteiger partial charge in [0, 0.05) is 31.0 Å². The molecule has 0 fully saturated rings. The number of aromatic nitrogens is 1. The second-order valence-electron chi connectivity index (χ2n) is 8.17. The Kier molecular flexibility index (Phi) is 6.87. The molecule has 29 heavy (non-hydrogen) atoms. The summed E-state index contributed by atoms with van der Waals surface area (Å²) >= 11 is 0. The molecule has 1 aliphatic heterocycles. The minimum Gasteiger partial charge on any atom is -0.338 e. The van der Waals surface area contributed by atoms with E-state index in [1.54, 1.807) is 31.3 Å². The predicted octanol–water partition coefficient (Wildman–Crippen LogP) is 2.43. The van der Waals surface area contributed by atoms with E-state index in [-0.39, 0.29) is 29.2 Å². The van der Waals surface area contributed by atoms with E-state index in [2.05, 4.69) is 4.98 Å². The van der Waals surface area contributed by atoms with Crippen molar-refractivity contribution in [3.05, 3.63) is 59.4 Å². The van der Waals surface area contributed by atoms with Crippen molar-refractivity contribution in [1.29, 1.82) is 0 Å². The fourth-order valence-electron chi connectivity index (χ4n) is 2.77. The summed E-state index contributed by atoms with van der Waals surface area (Å²) < 4.78 is 0. The number of aryl methyl sites for hydroxylation is 1. The van der Waals surface area contributed by atoms with Crippen LogP contribution >= 0.6 is 0 Å². The third-order valence-corrected chi connectivity index (χ3v) is 4.07. The minimum absolute atomic E-state index is 0. The van der Waals surface area contributed by atoms with Gasteiger partial charge >= 0.3 is 0 Å². The molecule has 2 amide bonds. The lowest BCUT2D eigenvalue weighted by Gasteiger charge is -2.34. The summed E-state index contributed by atoms with van der Waals surface area (Å²) in [7, 11) is 1.60. The van der Waals surface area contributed by atoms with Crippen LogP contribution in [0.3, 0.4) is 0 Å². The number of pyridine rings is 1. The minimum atomic E-state index is -0.762. The number of likely N-dealkylation sites (N-methyl/N-ethyl adjacent to an activating group) is 1. The van der Waals surface area contributed by atoms with Crippen LogP contribution in [-0.4, -0.2) is 53.2 Å². The van der Waals surface area contributed by atoms with Crippen molar-refractivity contribution >= 4 is 23.8 Å². The maximum Gasteiger partial charge on any atom is 0.273 e. The van der Waals surface area contributed by atoms with Gasteiger partial charge in [0.05, 0.1) is 5.56 Å². The van der Waals surface area contributed by atoms with E-state index in [0.717, 1.165) is 5.56 Å². The van der Waals surface area contributed by atoms with Crippen molar-refractivity contribution in [2.24, 2.45) is 5.73 Å². The monoisotopic (exact) mass is 396 g/mol. The van der Waals surface area contributed by atoms with Crippen LogP contribution in [0.25, 0.3) is 0 Å². The number of carbonyl (C=O) groups is 3. The van der Waals surface area contributed by atoms with E-state index in [1.165, 1.54) is 16.0 Å². The summed E-state index contributed by atoms with van der Waals surface area (Å²) in [4.78, 5) is 44.1. The summed E-state index contributed by atoms with van der Waals surface area (Å²) in [6.07, 6.45) is 2.18. The first-order valence-corrected chi connectivity index (χ1v) is 9.38. The van der Waals surface area contributed by atoms with E-state index in [9.17, 15) is 14.4 Å². The number of nitrogens with zero attached hydrogens (tertiary/aromatic N) is 3. The molecule has 0 aliphatic carbocycles. The molecule has 0 saturated carbocycles. The van der Waals surface area contributed by atoms with Crippen LogP contribution in [0, 0.1) is 6.92 Å². The Balaban J connectivity index is 0.000000537. The quantitative estimate of drug-likeness (QED) is 0.787. The van der Waals surface area contributed by atoms with Crippen molar-refractivity contribution in [2.75, 3.05) is 18.5 Å². The van der Waals surface area contributed by atoms with Crippen molar-refractivity contribution in [1.82, 2.24) is 9.88 Å². The average molecular weight is 396 g/mol. The first-order chi connectivity index (χ1) is 13.5. The molecule has 1 aliphatic rings. The summed E-state index contributed by atoms with van der Waals surface area (Å²) in [5.74, 6) is -0.769. The van der Waals surface area contributed by atoms with Gasteiger partial charge in [-0.3, -0.25) is 19.5 Å². The van der Waals surface area contributed by atoms with Crippen LogP contribution in [0.5, 0.6) is 0 Å². The first kappa shape index (κ1) is 22.2. The number of nitrogens with two attached hydrogens (primary N) is 1. The van der Waals surface area contributed by atoms with Crippen LogP contribution in [-0.2, 0) is 4.79 Å². The lowest BCUT2D eigenvalue weighted by molar-refractivity contribution is -0.109. The first-order valence-electron chi connectivity index (χ1n) is 9.38. The van der Waals surface area contributed by atoms with Crippen molar-refractivity contribution in [3.8, 4) is 0 Å². The molecular weight excluding hydrogens is 368 g/mol. The smallest absolute Gasteiger partial charge is 0.273 e. The number of rotatable bonds is 2. The van der Waals surface area contributed by atoms with Gasteiger partial charge in [-0.25, -0.2) is 0 Å². The Morgan fingerprint density at radius 3 is 2.24 bits per heavy atom. The average Bonchev–Trinajstić information content (AvgIpc) is 2.66. The molecule has 7 nitrogen and oxygen atoms in total. The Labute approximate surface area is 171 Å². The van der Waals surface area contributed by atoms with Crippen molar-refractivity contribution in [2.45, 2.75) is 39.3 Å². The maximum atomic E-state index is 13.1. The standard InChI is InChI=1S/C18H17N3O3.C4H11N/c1-12-5-7-13(8-6-12)21-14(11-22)10-20(2)18(24)16-15(17(21)23)4-3-9-19-16;1-4(2,3)5/h3-9,11,14H,10H2,1-2H3;5H2,1-3H3. The molecule has 2 N–H and O–H groups in total. The summed E-state index contributed by atoms with van der Waals surface area (Å²) in [5.41, 5.74) is 7.32. The van der Waals surface area contributed by atoms with Crippen molar-refractivity contribution in [3.63, 3.8) is 0 Å². The zero-order valence-corrected chi connectivity index (χ0v) is 17.5. The van der Waals surface area contributed by atoms with Gasteiger partial charge in [-0.15, -0.1) is 0 Å². The Bertz CT molecular complexity index is 882. The molecule has 7 heteroatoms.